The quantitative estimate of drug-likeness (QED) is 0.598. The molecule has 0 unspecified atom stereocenters. The van der Waals surface area contributed by atoms with Gasteiger partial charge in [-0.25, -0.2) is 4.90 Å². The zero-order valence-corrected chi connectivity index (χ0v) is 18.0. The third kappa shape index (κ3) is 3.48. The van der Waals surface area contributed by atoms with Crippen molar-refractivity contribution in [3.05, 3.63) is 94.7 Å². The van der Waals surface area contributed by atoms with Gasteiger partial charge in [-0.15, -0.1) is 0 Å². The summed E-state index contributed by atoms with van der Waals surface area (Å²) in [5, 5.41) is 3.26. The standard InChI is InChI=1S/C26H24N2O3/c1-16-11-9-13-20(18(16)3)27-24-23(19-12-6-8-15-22(19)31-4)25(29)28(26(24)30)21-14-7-5-10-17(21)2/h5-15,27H,1-4H3. The number of methoxy groups -OCH3 is 1. The molecule has 0 saturated heterocycles. The fourth-order valence-corrected chi connectivity index (χ4v) is 3.80. The van der Waals surface area contributed by atoms with Crippen LogP contribution in [0.3, 0.4) is 0 Å². The summed E-state index contributed by atoms with van der Waals surface area (Å²) in [7, 11) is 1.55. The van der Waals surface area contributed by atoms with E-state index in [2.05, 4.69) is 5.32 Å². The highest BCUT2D eigenvalue weighted by Gasteiger charge is 2.41. The third-order valence-electron chi connectivity index (χ3n) is 5.68. The Morgan fingerprint density at radius 2 is 1.45 bits per heavy atom. The van der Waals surface area contributed by atoms with Gasteiger partial charge in [0.25, 0.3) is 11.8 Å². The van der Waals surface area contributed by atoms with Crippen LogP contribution in [-0.2, 0) is 9.59 Å². The second-order valence-electron chi connectivity index (χ2n) is 7.55. The minimum absolute atomic E-state index is 0.242. The maximum absolute atomic E-state index is 13.6. The number of ether oxygens (including phenoxy) is 1. The van der Waals surface area contributed by atoms with Crippen molar-refractivity contribution in [3.8, 4) is 5.75 Å². The Morgan fingerprint density at radius 3 is 2.19 bits per heavy atom. The molecule has 0 aromatic heterocycles. The number of imide groups is 1. The fraction of sp³-hybridized carbons (Fsp3) is 0.154. The van der Waals surface area contributed by atoms with Crippen LogP contribution in [0.25, 0.3) is 5.57 Å². The normalized spacial score (nSPS) is 13.7. The smallest absolute Gasteiger partial charge is 0.282 e. The van der Waals surface area contributed by atoms with Gasteiger partial charge in [0.15, 0.2) is 0 Å². The average molecular weight is 412 g/mol. The van der Waals surface area contributed by atoms with Gasteiger partial charge in [0.2, 0.25) is 0 Å². The van der Waals surface area contributed by atoms with Gasteiger partial charge >= 0.3 is 0 Å². The van der Waals surface area contributed by atoms with Crippen molar-refractivity contribution >= 4 is 28.8 Å². The number of aryl methyl sites for hydroxylation is 2. The lowest BCUT2D eigenvalue weighted by Gasteiger charge is -2.18. The number of para-hydroxylation sites is 2. The number of rotatable bonds is 5. The first kappa shape index (κ1) is 20.4. The molecule has 0 saturated carbocycles. The SMILES string of the molecule is COc1ccccc1C1=C(Nc2cccc(C)c2C)C(=O)N(c2ccccc2C)C1=O. The Morgan fingerprint density at radius 1 is 0.774 bits per heavy atom. The Labute approximate surface area is 182 Å². The van der Waals surface area contributed by atoms with E-state index in [0.717, 1.165) is 22.4 Å². The molecular weight excluding hydrogens is 388 g/mol. The molecule has 0 aliphatic carbocycles. The summed E-state index contributed by atoms with van der Waals surface area (Å²) in [6.45, 7) is 5.88. The molecule has 0 spiro atoms. The van der Waals surface area contributed by atoms with Gasteiger partial charge in [-0.3, -0.25) is 9.59 Å². The number of anilines is 2. The van der Waals surface area contributed by atoms with Crippen LogP contribution in [0.5, 0.6) is 5.75 Å². The number of hydrogen-bond acceptors (Lipinski definition) is 4. The number of amides is 2. The number of nitrogens with one attached hydrogen (secondary N) is 1. The molecule has 5 heteroatoms. The van der Waals surface area contributed by atoms with Crippen molar-refractivity contribution in [2.75, 3.05) is 17.3 Å². The summed E-state index contributed by atoms with van der Waals surface area (Å²) in [4.78, 5) is 28.5. The second kappa shape index (κ2) is 8.11. The van der Waals surface area contributed by atoms with Crippen molar-refractivity contribution in [3.63, 3.8) is 0 Å². The van der Waals surface area contributed by atoms with E-state index in [-0.39, 0.29) is 17.5 Å². The van der Waals surface area contributed by atoms with E-state index in [1.807, 2.05) is 69.3 Å². The number of hydrogen-bond donors (Lipinski definition) is 1. The van der Waals surface area contributed by atoms with E-state index in [4.69, 9.17) is 4.74 Å². The first-order chi connectivity index (χ1) is 14.9. The topological polar surface area (TPSA) is 58.6 Å². The Balaban J connectivity index is 1.91. The van der Waals surface area contributed by atoms with Gasteiger partial charge in [0.1, 0.15) is 11.4 Å². The monoisotopic (exact) mass is 412 g/mol. The van der Waals surface area contributed by atoms with Crippen LogP contribution in [0.2, 0.25) is 0 Å². The third-order valence-corrected chi connectivity index (χ3v) is 5.68. The van der Waals surface area contributed by atoms with Crippen LogP contribution < -0.4 is 15.0 Å². The molecule has 0 fully saturated rings. The lowest BCUT2D eigenvalue weighted by molar-refractivity contribution is -0.120. The molecule has 156 valence electrons. The van der Waals surface area contributed by atoms with Crippen molar-refractivity contribution in [2.45, 2.75) is 20.8 Å². The molecule has 3 aromatic rings. The summed E-state index contributed by atoms with van der Waals surface area (Å²) < 4.78 is 5.50. The predicted molar refractivity (Wildman–Crippen MR) is 123 cm³/mol. The van der Waals surface area contributed by atoms with Crippen LogP contribution >= 0.6 is 0 Å². The van der Waals surface area contributed by atoms with Crippen molar-refractivity contribution in [1.82, 2.24) is 0 Å². The molecule has 0 radical (unpaired) electrons. The van der Waals surface area contributed by atoms with Crippen molar-refractivity contribution in [2.24, 2.45) is 0 Å². The molecule has 1 heterocycles. The lowest BCUT2D eigenvalue weighted by Crippen LogP contribution is -2.33. The number of carbonyl (C=O) groups excluding carboxylic acids is 2. The minimum Gasteiger partial charge on any atom is -0.496 e. The van der Waals surface area contributed by atoms with Gasteiger partial charge in [0, 0.05) is 11.3 Å². The van der Waals surface area contributed by atoms with E-state index >= 15 is 0 Å². The van der Waals surface area contributed by atoms with Crippen LogP contribution in [0.4, 0.5) is 11.4 Å². The molecule has 5 nitrogen and oxygen atoms in total. The molecule has 2 amide bonds. The average Bonchev–Trinajstić information content (AvgIpc) is 3.01. The zero-order chi connectivity index (χ0) is 22.1. The van der Waals surface area contributed by atoms with E-state index in [1.54, 1.807) is 25.3 Å². The number of benzene rings is 3. The molecule has 1 N–H and O–H groups in total. The number of nitrogens with zero attached hydrogens (tertiary/aromatic N) is 1. The molecule has 4 rings (SSSR count). The second-order valence-corrected chi connectivity index (χ2v) is 7.55. The first-order valence-electron chi connectivity index (χ1n) is 10.1. The van der Waals surface area contributed by atoms with E-state index in [0.29, 0.717) is 22.6 Å². The van der Waals surface area contributed by atoms with Crippen LogP contribution in [0, 0.1) is 20.8 Å². The van der Waals surface area contributed by atoms with Crippen molar-refractivity contribution < 1.29 is 14.3 Å². The summed E-state index contributed by atoms with van der Waals surface area (Å²) in [5.74, 6) is -0.233. The Hall–Kier alpha value is -3.86. The van der Waals surface area contributed by atoms with Gasteiger partial charge in [-0.05, 0) is 55.7 Å². The Kier molecular flexibility index (Phi) is 5.34. The van der Waals surface area contributed by atoms with Crippen LogP contribution in [0.1, 0.15) is 22.3 Å². The van der Waals surface area contributed by atoms with Gasteiger partial charge in [-0.2, -0.15) is 0 Å². The maximum Gasteiger partial charge on any atom is 0.282 e. The Bertz CT molecular complexity index is 1230. The molecule has 31 heavy (non-hydrogen) atoms. The van der Waals surface area contributed by atoms with Gasteiger partial charge < -0.3 is 10.1 Å². The first-order valence-corrected chi connectivity index (χ1v) is 10.1. The van der Waals surface area contributed by atoms with Crippen LogP contribution in [-0.4, -0.2) is 18.9 Å². The maximum atomic E-state index is 13.6. The highest BCUT2D eigenvalue weighted by atomic mass is 16.5. The molecular formula is C26H24N2O3. The molecule has 3 aromatic carbocycles. The fourth-order valence-electron chi connectivity index (χ4n) is 3.80. The number of carbonyl (C=O) groups is 2. The highest BCUT2D eigenvalue weighted by molar-refractivity contribution is 6.46. The summed E-state index contributed by atoms with van der Waals surface area (Å²) in [6, 6.07) is 20.5. The van der Waals surface area contributed by atoms with E-state index < -0.39 is 0 Å². The molecule has 0 atom stereocenters. The summed E-state index contributed by atoms with van der Waals surface area (Å²) in [6.07, 6.45) is 0. The minimum atomic E-state index is -0.388. The molecule has 1 aliphatic rings. The summed E-state index contributed by atoms with van der Waals surface area (Å²) >= 11 is 0. The lowest BCUT2D eigenvalue weighted by atomic mass is 10.0. The van der Waals surface area contributed by atoms with Gasteiger partial charge in [-0.1, -0.05) is 48.5 Å². The van der Waals surface area contributed by atoms with Crippen LogP contribution in [0.15, 0.2) is 72.4 Å². The van der Waals surface area contributed by atoms with E-state index in [9.17, 15) is 9.59 Å². The molecule has 1 aliphatic heterocycles. The molecule has 0 bridgehead atoms. The van der Waals surface area contributed by atoms with Gasteiger partial charge in [0.05, 0.1) is 18.4 Å². The largest absolute Gasteiger partial charge is 0.496 e. The zero-order valence-electron chi connectivity index (χ0n) is 18.0. The van der Waals surface area contributed by atoms with Crippen molar-refractivity contribution in [1.29, 1.82) is 0 Å². The predicted octanol–water partition coefficient (Wildman–Crippen LogP) is 5.02. The summed E-state index contributed by atoms with van der Waals surface area (Å²) in [5.41, 5.74) is 5.43. The highest BCUT2D eigenvalue weighted by Crippen LogP contribution is 2.38. The van der Waals surface area contributed by atoms with E-state index in [1.165, 1.54) is 4.90 Å².